The molecule has 0 atom stereocenters. The van der Waals surface area contributed by atoms with Gasteiger partial charge in [0.1, 0.15) is 0 Å². The van der Waals surface area contributed by atoms with Gasteiger partial charge in [0.2, 0.25) is 5.89 Å². The molecule has 0 unspecified atom stereocenters. The smallest absolute Gasteiger partial charge is 0.318 e. The monoisotopic (exact) mass is 254 g/mol. The molecule has 1 heterocycles. The molecule has 0 saturated heterocycles. The second-order valence-electron chi connectivity index (χ2n) is 4.73. The third-order valence-corrected chi connectivity index (χ3v) is 3.42. The summed E-state index contributed by atoms with van der Waals surface area (Å²) >= 11 is 0. The maximum Gasteiger partial charge on any atom is 0.318 e. The van der Waals surface area contributed by atoms with Crippen molar-refractivity contribution in [1.82, 2.24) is 10.2 Å². The van der Waals surface area contributed by atoms with Crippen LogP contribution >= 0.6 is 0 Å². The predicted octanol–water partition coefficient (Wildman–Crippen LogP) is 0.702. The Balaban J connectivity index is 2.06. The van der Waals surface area contributed by atoms with Gasteiger partial charge in [-0.1, -0.05) is 24.4 Å². The van der Waals surface area contributed by atoms with Crippen LogP contribution in [0.15, 0.2) is 4.42 Å². The minimum absolute atomic E-state index is 0.102. The number of hydrogen-bond acceptors (Lipinski definition) is 6. The van der Waals surface area contributed by atoms with Gasteiger partial charge in [0.15, 0.2) is 0 Å². The zero-order valence-corrected chi connectivity index (χ0v) is 10.7. The molecule has 0 spiro atoms. The molecule has 1 saturated carbocycles. The summed E-state index contributed by atoms with van der Waals surface area (Å²) in [5.74, 6) is 0.575. The summed E-state index contributed by atoms with van der Waals surface area (Å²) in [6.07, 6.45) is 6.63. The van der Waals surface area contributed by atoms with Crippen LogP contribution in [0.2, 0.25) is 0 Å². The number of nitrogens with zero attached hydrogens (tertiary/aromatic N) is 3. The average molecular weight is 254 g/mol. The summed E-state index contributed by atoms with van der Waals surface area (Å²) in [6, 6.07) is 0.941. The summed E-state index contributed by atoms with van der Waals surface area (Å²) in [5, 5.41) is 17.2. The molecular weight excluding hydrogens is 232 g/mol. The van der Waals surface area contributed by atoms with Crippen molar-refractivity contribution in [2.75, 3.05) is 24.6 Å². The van der Waals surface area contributed by atoms with Crippen LogP contribution in [0.1, 0.15) is 38.0 Å². The molecule has 1 aliphatic carbocycles. The Hall–Kier alpha value is -1.14. The standard InChI is InChI=1S/C12H22N4O2/c13-7-6-11-14-15-12(18-11)16(8-9-17)10-4-2-1-3-5-10/h10,17H,1-9,13H2. The highest BCUT2D eigenvalue weighted by Gasteiger charge is 2.24. The van der Waals surface area contributed by atoms with Crippen LogP contribution in [0.5, 0.6) is 0 Å². The minimum Gasteiger partial charge on any atom is -0.408 e. The van der Waals surface area contributed by atoms with Crippen LogP contribution in [0.3, 0.4) is 0 Å². The van der Waals surface area contributed by atoms with Crippen molar-refractivity contribution >= 4 is 6.01 Å². The van der Waals surface area contributed by atoms with Crippen molar-refractivity contribution in [2.45, 2.75) is 44.6 Å². The van der Waals surface area contributed by atoms with Crippen molar-refractivity contribution in [3.8, 4) is 0 Å². The molecule has 1 aromatic heterocycles. The Kier molecular flexibility index (Phi) is 4.95. The van der Waals surface area contributed by atoms with E-state index >= 15 is 0 Å². The van der Waals surface area contributed by atoms with Gasteiger partial charge in [-0.25, -0.2) is 0 Å². The molecule has 0 radical (unpaired) electrons. The van der Waals surface area contributed by atoms with Crippen LogP contribution < -0.4 is 10.6 Å². The molecule has 6 nitrogen and oxygen atoms in total. The van der Waals surface area contributed by atoms with E-state index < -0.39 is 0 Å². The van der Waals surface area contributed by atoms with E-state index in [2.05, 4.69) is 10.2 Å². The first kappa shape index (κ1) is 13.3. The summed E-state index contributed by atoms with van der Waals surface area (Å²) in [6.45, 7) is 1.16. The van der Waals surface area contributed by atoms with Gasteiger partial charge >= 0.3 is 6.01 Å². The van der Waals surface area contributed by atoms with Gasteiger partial charge in [0.25, 0.3) is 0 Å². The Morgan fingerprint density at radius 3 is 2.72 bits per heavy atom. The molecule has 3 N–H and O–H groups in total. The Morgan fingerprint density at radius 2 is 2.06 bits per heavy atom. The van der Waals surface area contributed by atoms with Crippen LogP contribution in [-0.2, 0) is 6.42 Å². The maximum absolute atomic E-state index is 9.19. The van der Waals surface area contributed by atoms with Gasteiger partial charge in [0, 0.05) is 25.6 Å². The normalized spacial score (nSPS) is 17.0. The van der Waals surface area contributed by atoms with Crippen molar-refractivity contribution in [3.63, 3.8) is 0 Å². The number of aliphatic hydroxyl groups excluding tert-OH is 1. The number of rotatable bonds is 6. The predicted molar refractivity (Wildman–Crippen MR) is 68.4 cm³/mol. The molecule has 102 valence electrons. The quantitative estimate of drug-likeness (QED) is 0.777. The molecule has 2 rings (SSSR count). The zero-order valence-electron chi connectivity index (χ0n) is 10.7. The van der Waals surface area contributed by atoms with Gasteiger partial charge < -0.3 is 20.2 Å². The minimum atomic E-state index is 0.102. The molecule has 18 heavy (non-hydrogen) atoms. The molecule has 1 aliphatic rings. The molecule has 0 aromatic carbocycles. The van der Waals surface area contributed by atoms with Crippen LogP contribution in [0, 0.1) is 0 Å². The van der Waals surface area contributed by atoms with Gasteiger partial charge in [-0.05, 0) is 12.8 Å². The van der Waals surface area contributed by atoms with Crippen LogP contribution in [-0.4, -0.2) is 41.0 Å². The first-order valence-electron chi connectivity index (χ1n) is 6.75. The number of aromatic nitrogens is 2. The van der Waals surface area contributed by atoms with Gasteiger partial charge in [-0.3, -0.25) is 0 Å². The topological polar surface area (TPSA) is 88.4 Å². The summed E-state index contributed by atoms with van der Waals surface area (Å²) in [7, 11) is 0. The average Bonchev–Trinajstić information content (AvgIpc) is 2.86. The fourth-order valence-corrected chi connectivity index (χ4v) is 2.52. The Labute approximate surface area is 107 Å². The lowest BCUT2D eigenvalue weighted by Gasteiger charge is -2.32. The SMILES string of the molecule is NCCc1nnc(N(CCO)C2CCCCC2)o1. The van der Waals surface area contributed by atoms with E-state index in [1.165, 1.54) is 19.3 Å². The molecule has 0 aliphatic heterocycles. The fraction of sp³-hybridized carbons (Fsp3) is 0.833. The van der Waals surface area contributed by atoms with Crippen molar-refractivity contribution in [2.24, 2.45) is 5.73 Å². The van der Waals surface area contributed by atoms with E-state index in [4.69, 9.17) is 10.2 Å². The summed E-state index contributed by atoms with van der Waals surface area (Å²) < 4.78 is 5.60. The second kappa shape index (κ2) is 6.70. The molecule has 6 heteroatoms. The van der Waals surface area contributed by atoms with E-state index in [9.17, 15) is 5.11 Å². The van der Waals surface area contributed by atoms with E-state index in [-0.39, 0.29) is 6.61 Å². The van der Waals surface area contributed by atoms with Gasteiger partial charge in [0.05, 0.1) is 6.61 Å². The summed E-state index contributed by atoms with van der Waals surface area (Å²) in [5.41, 5.74) is 5.47. The van der Waals surface area contributed by atoms with E-state index in [1.807, 2.05) is 4.90 Å². The highest BCUT2D eigenvalue weighted by Crippen LogP contribution is 2.26. The number of nitrogens with two attached hydrogens (primary N) is 1. The van der Waals surface area contributed by atoms with E-state index in [0.29, 0.717) is 37.5 Å². The Bertz CT molecular complexity index is 350. The number of aliphatic hydroxyl groups is 1. The van der Waals surface area contributed by atoms with E-state index in [0.717, 1.165) is 12.8 Å². The van der Waals surface area contributed by atoms with Crippen molar-refractivity contribution in [1.29, 1.82) is 0 Å². The molecule has 1 fully saturated rings. The molecule has 0 bridgehead atoms. The first-order chi connectivity index (χ1) is 8.85. The van der Waals surface area contributed by atoms with E-state index in [1.54, 1.807) is 0 Å². The molecule has 0 amide bonds. The highest BCUT2D eigenvalue weighted by molar-refractivity contribution is 5.26. The lowest BCUT2D eigenvalue weighted by atomic mass is 9.94. The fourth-order valence-electron chi connectivity index (χ4n) is 2.52. The highest BCUT2D eigenvalue weighted by atomic mass is 16.4. The third-order valence-electron chi connectivity index (χ3n) is 3.42. The summed E-state index contributed by atoms with van der Waals surface area (Å²) in [4.78, 5) is 2.05. The Morgan fingerprint density at radius 1 is 1.28 bits per heavy atom. The maximum atomic E-state index is 9.19. The second-order valence-corrected chi connectivity index (χ2v) is 4.73. The lowest BCUT2D eigenvalue weighted by Crippen LogP contribution is -2.39. The third kappa shape index (κ3) is 3.20. The number of hydrogen-bond donors (Lipinski definition) is 2. The molecule has 1 aromatic rings. The lowest BCUT2D eigenvalue weighted by molar-refractivity contribution is 0.283. The van der Waals surface area contributed by atoms with Gasteiger partial charge in [-0.2, -0.15) is 0 Å². The van der Waals surface area contributed by atoms with Crippen molar-refractivity contribution in [3.05, 3.63) is 5.89 Å². The largest absolute Gasteiger partial charge is 0.408 e. The van der Waals surface area contributed by atoms with Crippen LogP contribution in [0.25, 0.3) is 0 Å². The van der Waals surface area contributed by atoms with Crippen molar-refractivity contribution < 1.29 is 9.52 Å². The first-order valence-corrected chi connectivity index (χ1v) is 6.75. The van der Waals surface area contributed by atoms with Crippen LogP contribution in [0.4, 0.5) is 6.01 Å². The number of anilines is 1. The molecular formula is C12H22N4O2. The van der Waals surface area contributed by atoms with Gasteiger partial charge in [-0.15, -0.1) is 5.10 Å². The zero-order chi connectivity index (χ0) is 12.8.